The van der Waals surface area contributed by atoms with Crippen molar-refractivity contribution in [2.45, 2.75) is 39.2 Å². The molecule has 4 rings (SSSR count). The number of aryl methyl sites for hydroxylation is 2. The monoisotopic (exact) mass is 328 g/mol. The summed E-state index contributed by atoms with van der Waals surface area (Å²) in [5.74, 6) is 0.951. The number of fused-ring (bicyclic) bond motifs is 2. The Morgan fingerprint density at radius 2 is 2.17 bits per heavy atom. The number of amides is 1. The minimum atomic E-state index is 0.164. The summed E-state index contributed by atoms with van der Waals surface area (Å²) in [5.41, 5.74) is 3.51. The molecule has 0 aromatic carbocycles. The molecule has 0 saturated carbocycles. The van der Waals surface area contributed by atoms with Crippen LogP contribution >= 0.6 is 11.3 Å². The van der Waals surface area contributed by atoms with E-state index in [1.807, 2.05) is 17.9 Å². The molecule has 1 aliphatic heterocycles. The predicted octanol–water partition coefficient (Wildman–Crippen LogP) is 2.66. The number of nitrogens with zero attached hydrogens (tertiary/aromatic N) is 3. The van der Waals surface area contributed by atoms with Crippen LogP contribution in [0.2, 0.25) is 0 Å². The van der Waals surface area contributed by atoms with Gasteiger partial charge in [0.05, 0.1) is 10.6 Å². The molecule has 5 nitrogen and oxygen atoms in total. The number of rotatable bonds is 3. The van der Waals surface area contributed by atoms with Gasteiger partial charge in [-0.15, -0.1) is 16.4 Å². The number of hydrogen-bond acceptors (Lipinski definition) is 5. The fourth-order valence-corrected chi connectivity index (χ4v) is 4.58. The van der Waals surface area contributed by atoms with E-state index in [2.05, 4.69) is 21.6 Å². The summed E-state index contributed by atoms with van der Waals surface area (Å²) in [6.45, 7) is 4.21. The molecule has 0 spiro atoms. The van der Waals surface area contributed by atoms with Crippen LogP contribution in [0.3, 0.4) is 0 Å². The molecule has 2 aromatic rings. The third kappa shape index (κ3) is 2.72. The lowest BCUT2D eigenvalue weighted by atomic mass is 10.1. The maximum Gasteiger partial charge on any atom is 0.264 e. The second-order valence-corrected chi connectivity index (χ2v) is 7.26. The number of thiophene rings is 1. The van der Waals surface area contributed by atoms with E-state index in [1.165, 1.54) is 16.9 Å². The minimum Gasteiger partial charge on any atom is -0.369 e. The fourth-order valence-electron chi connectivity index (χ4n) is 3.36. The van der Waals surface area contributed by atoms with Gasteiger partial charge in [0.25, 0.3) is 5.91 Å². The van der Waals surface area contributed by atoms with Crippen LogP contribution in [-0.4, -0.2) is 34.1 Å². The van der Waals surface area contributed by atoms with E-state index in [1.54, 1.807) is 11.3 Å². The first kappa shape index (κ1) is 14.6. The standard InChI is InChI=1S/C17H20N4OS/c1-2-18-16-9-12-10-21(7-6-13(12)19-20-16)17(22)15-8-11-4-3-5-14(11)23-15/h8-9H,2-7,10H2,1H3,(H,18,20). The Morgan fingerprint density at radius 3 is 3.00 bits per heavy atom. The number of carbonyl (C=O) groups excluding carboxylic acids is 1. The molecule has 0 radical (unpaired) electrons. The van der Waals surface area contributed by atoms with Crippen LogP contribution in [0.25, 0.3) is 0 Å². The Morgan fingerprint density at radius 1 is 1.26 bits per heavy atom. The molecule has 0 unspecified atom stereocenters. The van der Waals surface area contributed by atoms with Gasteiger partial charge in [0.15, 0.2) is 0 Å². The van der Waals surface area contributed by atoms with Gasteiger partial charge in [-0.3, -0.25) is 4.79 Å². The van der Waals surface area contributed by atoms with Gasteiger partial charge in [-0.05, 0) is 49.4 Å². The maximum atomic E-state index is 12.8. The summed E-state index contributed by atoms with van der Waals surface area (Å²) < 4.78 is 0. The summed E-state index contributed by atoms with van der Waals surface area (Å²) in [5, 5.41) is 11.7. The Hall–Kier alpha value is -1.95. The van der Waals surface area contributed by atoms with Crippen LogP contribution < -0.4 is 5.32 Å². The normalized spacial score (nSPS) is 16.1. The largest absolute Gasteiger partial charge is 0.369 e. The lowest BCUT2D eigenvalue weighted by Crippen LogP contribution is -2.36. The first-order valence-corrected chi connectivity index (χ1v) is 9.06. The van der Waals surface area contributed by atoms with E-state index in [4.69, 9.17) is 0 Å². The molecule has 1 amide bonds. The van der Waals surface area contributed by atoms with Crippen LogP contribution in [0, 0.1) is 0 Å². The molecule has 120 valence electrons. The van der Waals surface area contributed by atoms with Gasteiger partial charge in [0.1, 0.15) is 5.82 Å². The van der Waals surface area contributed by atoms with Gasteiger partial charge >= 0.3 is 0 Å². The Bertz CT molecular complexity index is 734. The van der Waals surface area contributed by atoms with Crippen molar-refractivity contribution in [3.8, 4) is 0 Å². The van der Waals surface area contributed by atoms with Gasteiger partial charge in [0, 0.05) is 30.9 Å². The van der Waals surface area contributed by atoms with Crippen LogP contribution in [0.1, 0.15) is 44.7 Å². The highest BCUT2D eigenvalue weighted by Gasteiger charge is 2.26. The average molecular weight is 328 g/mol. The Balaban J connectivity index is 1.54. The molecule has 1 N–H and O–H groups in total. The lowest BCUT2D eigenvalue weighted by molar-refractivity contribution is 0.0738. The fraction of sp³-hybridized carbons (Fsp3) is 0.471. The molecule has 3 heterocycles. The zero-order valence-corrected chi connectivity index (χ0v) is 14.1. The van der Waals surface area contributed by atoms with Crippen molar-refractivity contribution in [1.29, 1.82) is 0 Å². The summed E-state index contributed by atoms with van der Waals surface area (Å²) in [4.78, 5) is 17.1. The van der Waals surface area contributed by atoms with E-state index < -0.39 is 0 Å². The third-order valence-electron chi connectivity index (χ3n) is 4.54. The highest BCUT2D eigenvalue weighted by molar-refractivity contribution is 7.14. The molecular formula is C17H20N4OS. The zero-order valence-electron chi connectivity index (χ0n) is 13.3. The van der Waals surface area contributed by atoms with E-state index in [0.29, 0.717) is 6.54 Å². The van der Waals surface area contributed by atoms with Crippen molar-refractivity contribution in [2.75, 3.05) is 18.4 Å². The molecule has 0 atom stereocenters. The van der Waals surface area contributed by atoms with Crippen LogP contribution in [0.15, 0.2) is 12.1 Å². The number of aromatic nitrogens is 2. The van der Waals surface area contributed by atoms with Gasteiger partial charge in [0.2, 0.25) is 0 Å². The van der Waals surface area contributed by atoms with Crippen molar-refractivity contribution < 1.29 is 4.79 Å². The quantitative estimate of drug-likeness (QED) is 0.941. The molecular weight excluding hydrogens is 308 g/mol. The second-order valence-electron chi connectivity index (χ2n) is 6.12. The SMILES string of the molecule is CCNc1cc2c(nn1)CCN(C(=O)c1cc3c(s1)CCC3)C2. The van der Waals surface area contributed by atoms with Crippen LogP contribution in [-0.2, 0) is 25.8 Å². The molecule has 2 aliphatic rings. The Labute approximate surface area is 139 Å². The van der Waals surface area contributed by atoms with Crippen LogP contribution in [0.5, 0.6) is 0 Å². The van der Waals surface area contributed by atoms with E-state index >= 15 is 0 Å². The highest BCUT2D eigenvalue weighted by Crippen LogP contribution is 2.32. The first-order valence-electron chi connectivity index (χ1n) is 8.25. The van der Waals surface area contributed by atoms with Gasteiger partial charge in [-0.1, -0.05) is 0 Å². The molecule has 6 heteroatoms. The van der Waals surface area contributed by atoms with Crippen molar-refractivity contribution in [2.24, 2.45) is 0 Å². The van der Waals surface area contributed by atoms with E-state index in [-0.39, 0.29) is 5.91 Å². The maximum absolute atomic E-state index is 12.8. The highest BCUT2D eigenvalue weighted by atomic mass is 32.1. The summed E-state index contributed by atoms with van der Waals surface area (Å²) in [6, 6.07) is 4.14. The van der Waals surface area contributed by atoms with Crippen LogP contribution in [0.4, 0.5) is 5.82 Å². The number of carbonyl (C=O) groups is 1. The first-order chi connectivity index (χ1) is 11.2. The summed E-state index contributed by atoms with van der Waals surface area (Å²) >= 11 is 1.68. The van der Waals surface area contributed by atoms with Crippen molar-refractivity contribution in [3.63, 3.8) is 0 Å². The molecule has 0 saturated heterocycles. The molecule has 0 fully saturated rings. The van der Waals surface area contributed by atoms with Gasteiger partial charge in [-0.25, -0.2) is 0 Å². The molecule has 23 heavy (non-hydrogen) atoms. The smallest absolute Gasteiger partial charge is 0.264 e. The van der Waals surface area contributed by atoms with Crippen molar-refractivity contribution in [1.82, 2.24) is 15.1 Å². The second kappa shape index (κ2) is 5.92. The average Bonchev–Trinajstić information content (AvgIpc) is 3.15. The third-order valence-corrected chi connectivity index (χ3v) is 5.77. The summed E-state index contributed by atoms with van der Waals surface area (Å²) in [6.07, 6.45) is 4.28. The minimum absolute atomic E-state index is 0.164. The molecule has 2 aromatic heterocycles. The zero-order chi connectivity index (χ0) is 15.8. The number of hydrogen-bond donors (Lipinski definition) is 1. The predicted molar refractivity (Wildman–Crippen MR) is 91.0 cm³/mol. The Kier molecular flexibility index (Phi) is 3.77. The topological polar surface area (TPSA) is 58.1 Å². The van der Waals surface area contributed by atoms with Gasteiger partial charge in [-0.2, -0.15) is 5.10 Å². The number of nitrogens with one attached hydrogen (secondary N) is 1. The van der Waals surface area contributed by atoms with E-state index in [9.17, 15) is 4.79 Å². The van der Waals surface area contributed by atoms with E-state index in [0.717, 1.165) is 54.3 Å². The summed E-state index contributed by atoms with van der Waals surface area (Å²) in [7, 11) is 0. The lowest BCUT2D eigenvalue weighted by Gasteiger charge is -2.27. The number of anilines is 1. The van der Waals surface area contributed by atoms with Gasteiger partial charge < -0.3 is 10.2 Å². The molecule has 1 aliphatic carbocycles. The van der Waals surface area contributed by atoms with Crippen molar-refractivity contribution >= 4 is 23.1 Å². The molecule has 0 bridgehead atoms. The van der Waals surface area contributed by atoms with Crippen molar-refractivity contribution in [3.05, 3.63) is 38.7 Å².